The zero-order chi connectivity index (χ0) is 17.6. The highest BCUT2D eigenvalue weighted by molar-refractivity contribution is 9.10. The molecule has 0 radical (unpaired) electrons. The van der Waals surface area contributed by atoms with E-state index in [1.54, 1.807) is 16.8 Å². The van der Waals surface area contributed by atoms with E-state index >= 15 is 0 Å². The topological polar surface area (TPSA) is 50.5 Å². The van der Waals surface area contributed by atoms with Gasteiger partial charge in [-0.2, -0.15) is 5.10 Å². The van der Waals surface area contributed by atoms with E-state index in [9.17, 15) is 4.79 Å². The summed E-state index contributed by atoms with van der Waals surface area (Å²) >= 11 is 3.38. The summed E-state index contributed by atoms with van der Waals surface area (Å²) in [7, 11) is 0. The number of fused-ring (bicyclic) bond motifs is 2. The van der Waals surface area contributed by atoms with Crippen LogP contribution in [0.1, 0.15) is 47.9 Å². The molecule has 3 aromatic rings. The van der Waals surface area contributed by atoms with Crippen molar-refractivity contribution in [2.24, 2.45) is 0 Å². The first-order chi connectivity index (χ1) is 12.1. The molecular formula is C19H19BrN4O. The van der Waals surface area contributed by atoms with E-state index in [1.165, 1.54) is 11.1 Å². The molecule has 0 fully saturated rings. The van der Waals surface area contributed by atoms with Crippen LogP contribution in [-0.2, 0) is 6.42 Å². The van der Waals surface area contributed by atoms with Crippen LogP contribution in [0.4, 0.5) is 0 Å². The molecule has 3 heterocycles. The lowest BCUT2D eigenvalue weighted by Crippen LogP contribution is -2.46. The Morgan fingerprint density at radius 1 is 1.36 bits per heavy atom. The van der Waals surface area contributed by atoms with Crippen molar-refractivity contribution >= 4 is 27.5 Å². The number of carbonyl (C=O) groups is 1. The highest BCUT2D eigenvalue weighted by atomic mass is 79.9. The summed E-state index contributed by atoms with van der Waals surface area (Å²) in [4.78, 5) is 19.5. The smallest absolute Gasteiger partial charge is 0.275 e. The van der Waals surface area contributed by atoms with Gasteiger partial charge >= 0.3 is 0 Å². The molecule has 2 aromatic heterocycles. The molecule has 128 valence electrons. The maximum atomic E-state index is 13.3. The molecule has 0 bridgehead atoms. The van der Waals surface area contributed by atoms with Gasteiger partial charge in [0.1, 0.15) is 0 Å². The first-order valence-electron chi connectivity index (χ1n) is 8.50. The number of carbonyl (C=O) groups excluding carboxylic acids is 1. The maximum absolute atomic E-state index is 13.3. The average molecular weight is 399 g/mol. The summed E-state index contributed by atoms with van der Waals surface area (Å²) in [6.45, 7) is 4.23. The quantitative estimate of drug-likeness (QED) is 0.654. The minimum Gasteiger partial charge on any atom is -0.327 e. The zero-order valence-corrected chi connectivity index (χ0v) is 15.8. The number of halogens is 1. The van der Waals surface area contributed by atoms with E-state index in [0.29, 0.717) is 11.3 Å². The summed E-state index contributed by atoms with van der Waals surface area (Å²) in [5.74, 6) is -0.0320. The summed E-state index contributed by atoms with van der Waals surface area (Å²) in [6, 6.07) is 10.4. The largest absolute Gasteiger partial charge is 0.327 e. The Kier molecular flexibility index (Phi) is 4.07. The molecule has 0 saturated heterocycles. The fourth-order valence-electron chi connectivity index (χ4n) is 3.72. The summed E-state index contributed by atoms with van der Waals surface area (Å²) in [5, 5.41) is 4.44. The van der Waals surface area contributed by atoms with E-state index in [1.807, 2.05) is 17.2 Å². The molecular weight excluding hydrogens is 380 g/mol. The SMILES string of the molecule is CCC1Cc2ccccc2C(C)N1C(=O)c1cc2ncc(Br)cn2n1. The second kappa shape index (κ2) is 6.26. The number of aromatic nitrogens is 3. The van der Waals surface area contributed by atoms with Gasteiger partial charge in [0.2, 0.25) is 0 Å². The van der Waals surface area contributed by atoms with Crippen molar-refractivity contribution in [3.63, 3.8) is 0 Å². The van der Waals surface area contributed by atoms with Crippen LogP contribution in [0.15, 0.2) is 47.2 Å². The number of hydrogen-bond donors (Lipinski definition) is 0. The van der Waals surface area contributed by atoms with Gasteiger partial charge in [-0.05, 0) is 46.8 Å². The van der Waals surface area contributed by atoms with Crippen LogP contribution in [0.2, 0.25) is 0 Å². The van der Waals surface area contributed by atoms with E-state index in [-0.39, 0.29) is 18.0 Å². The minimum atomic E-state index is -0.0320. The van der Waals surface area contributed by atoms with Crippen LogP contribution < -0.4 is 0 Å². The van der Waals surface area contributed by atoms with Crippen molar-refractivity contribution in [2.75, 3.05) is 0 Å². The Labute approximate surface area is 154 Å². The number of nitrogens with zero attached hydrogens (tertiary/aromatic N) is 4. The first-order valence-corrected chi connectivity index (χ1v) is 9.29. The molecule has 1 aliphatic heterocycles. The maximum Gasteiger partial charge on any atom is 0.275 e. The Hall–Kier alpha value is -2.21. The van der Waals surface area contributed by atoms with E-state index in [0.717, 1.165) is 17.3 Å². The fourth-order valence-corrected chi connectivity index (χ4v) is 4.02. The molecule has 2 unspecified atom stereocenters. The van der Waals surface area contributed by atoms with Crippen molar-refractivity contribution in [1.82, 2.24) is 19.5 Å². The summed E-state index contributed by atoms with van der Waals surface area (Å²) in [5.41, 5.74) is 3.68. The zero-order valence-electron chi connectivity index (χ0n) is 14.2. The lowest BCUT2D eigenvalue weighted by molar-refractivity contribution is 0.0544. The molecule has 25 heavy (non-hydrogen) atoms. The minimum absolute atomic E-state index is 0.0320. The number of hydrogen-bond acceptors (Lipinski definition) is 3. The highest BCUT2D eigenvalue weighted by Crippen LogP contribution is 2.35. The molecule has 1 aromatic carbocycles. The van der Waals surface area contributed by atoms with Gasteiger partial charge in [-0.3, -0.25) is 4.79 Å². The van der Waals surface area contributed by atoms with Gasteiger partial charge in [-0.15, -0.1) is 0 Å². The Bertz CT molecular complexity index is 952. The molecule has 2 atom stereocenters. The third-order valence-corrected chi connectivity index (χ3v) is 5.39. The monoisotopic (exact) mass is 398 g/mol. The number of amides is 1. The average Bonchev–Trinajstić information content (AvgIpc) is 3.04. The Morgan fingerprint density at radius 3 is 2.96 bits per heavy atom. The van der Waals surface area contributed by atoms with Crippen LogP contribution in [0, 0.1) is 0 Å². The molecule has 0 spiro atoms. The van der Waals surface area contributed by atoms with Gasteiger partial charge in [0.15, 0.2) is 11.3 Å². The van der Waals surface area contributed by atoms with Gasteiger partial charge in [0.25, 0.3) is 5.91 Å². The molecule has 1 amide bonds. The van der Waals surface area contributed by atoms with Gasteiger partial charge in [-0.1, -0.05) is 31.2 Å². The normalized spacial score (nSPS) is 19.9. The van der Waals surface area contributed by atoms with E-state index < -0.39 is 0 Å². The molecule has 0 saturated carbocycles. The van der Waals surface area contributed by atoms with Crippen LogP contribution in [-0.4, -0.2) is 31.4 Å². The highest BCUT2D eigenvalue weighted by Gasteiger charge is 2.35. The predicted molar refractivity (Wildman–Crippen MR) is 99.5 cm³/mol. The van der Waals surface area contributed by atoms with Gasteiger partial charge in [-0.25, -0.2) is 9.50 Å². The molecule has 6 heteroatoms. The van der Waals surface area contributed by atoms with Crippen molar-refractivity contribution in [3.05, 3.63) is 64.0 Å². The lowest BCUT2D eigenvalue weighted by Gasteiger charge is -2.41. The summed E-state index contributed by atoms with van der Waals surface area (Å²) in [6.07, 6.45) is 5.33. The molecule has 0 N–H and O–H groups in total. The molecule has 4 rings (SSSR count). The lowest BCUT2D eigenvalue weighted by atomic mass is 9.87. The van der Waals surface area contributed by atoms with Crippen LogP contribution in [0.25, 0.3) is 5.65 Å². The number of benzene rings is 1. The second-order valence-electron chi connectivity index (χ2n) is 6.46. The third kappa shape index (κ3) is 2.74. The fraction of sp³-hybridized carbons (Fsp3) is 0.316. The predicted octanol–water partition coefficient (Wildman–Crippen LogP) is 4.03. The van der Waals surface area contributed by atoms with Crippen LogP contribution in [0.3, 0.4) is 0 Å². The third-order valence-electron chi connectivity index (χ3n) is 4.98. The van der Waals surface area contributed by atoms with Gasteiger partial charge in [0.05, 0.1) is 10.5 Å². The summed E-state index contributed by atoms with van der Waals surface area (Å²) < 4.78 is 2.47. The molecule has 0 aliphatic carbocycles. The van der Waals surface area contributed by atoms with Gasteiger partial charge in [0, 0.05) is 24.5 Å². The number of rotatable bonds is 2. The van der Waals surface area contributed by atoms with Crippen molar-refractivity contribution in [3.8, 4) is 0 Å². The van der Waals surface area contributed by atoms with Gasteiger partial charge < -0.3 is 4.90 Å². The van der Waals surface area contributed by atoms with Crippen molar-refractivity contribution in [2.45, 2.75) is 38.8 Å². The Morgan fingerprint density at radius 2 is 2.16 bits per heavy atom. The van der Waals surface area contributed by atoms with E-state index in [2.05, 4.69) is 58.1 Å². The van der Waals surface area contributed by atoms with Crippen molar-refractivity contribution in [1.29, 1.82) is 0 Å². The molecule has 1 aliphatic rings. The van der Waals surface area contributed by atoms with Crippen LogP contribution in [0.5, 0.6) is 0 Å². The van der Waals surface area contributed by atoms with Crippen molar-refractivity contribution < 1.29 is 4.79 Å². The Balaban J connectivity index is 1.74. The second-order valence-corrected chi connectivity index (χ2v) is 7.37. The first kappa shape index (κ1) is 16.3. The standard InChI is InChI=1S/C19H19BrN4O/c1-3-15-8-13-6-4-5-7-16(13)12(2)24(15)19(25)17-9-18-21-10-14(20)11-23(18)22-17/h4-7,9-12,15H,3,8H2,1-2H3. The molecule has 5 nitrogen and oxygen atoms in total. The van der Waals surface area contributed by atoms with Crippen LogP contribution >= 0.6 is 15.9 Å². The van der Waals surface area contributed by atoms with E-state index in [4.69, 9.17) is 0 Å².